The summed E-state index contributed by atoms with van der Waals surface area (Å²) in [5, 5.41) is 12.3. The summed E-state index contributed by atoms with van der Waals surface area (Å²) in [7, 11) is 0. The van der Waals surface area contributed by atoms with E-state index in [1.54, 1.807) is 12.1 Å². The van der Waals surface area contributed by atoms with Gasteiger partial charge in [-0.25, -0.2) is 4.79 Å². The molecule has 0 bridgehead atoms. The summed E-state index contributed by atoms with van der Waals surface area (Å²) < 4.78 is 0. The summed E-state index contributed by atoms with van der Waals surface area (Å²) in [5.74, 6) is -0.983. The molecular formula is C20H15Cl2NaO2. The average molecular weight is 381 g/mol. The van der Waals surface area contributed by atoms with Gasteiger partial charge in [0.2, 0.25) is 0 Å². The number of halogens is 2. The van der Waals surface area contributed by atoms with Gasteiger partial charge in [-0.3, -0.25) is 0 Å². The molecule has 0 saturated heterocycles. The van der Waals surface area contributed by atoms with Gasteiger partial charge >= 0.3 is 35.5 Å². The third kappa shape index (κ3) is 5.34. The Hall–Kier alpha value is -1.29. The van der Waals surface area contributed by atoms with Crippen LogP contribution in [0.3, 0.4) is 0 Å². The maximum absolute atomic E-state index is 10.8. The Bertz CT molecular complexity index is 952. The third-order valence-electron chi connectivity index (χ3n) is 3.77. The monoisotopic (exact) mass is 380 g/mol. The second-order valence-corrected chi connectivity index (χ2v) is 6.39. The van der Waals surface area contributed by atoms with Gasteiger partial charge in [0.1, 0.15) is 0 Å². The number of benzene rings is 3. The summed E-state index contributed by atoms with van der Waals surface area (Å²) in [6, 6.07) is 17.5. The molecule has 0 saturated carbocycles. The summed E-state index contributed by atoms with van der Waals surface area (Å²) in [6.07, 6.45) is 3.39. The van der Waals surface area contributed by atoms with Gasteiger partial charge in [-0.15, -0.1) is 0 Å². The Labute approximate surface area is 178 Å². The molecule has 0 heterocycles. The van der Waals surface area contributed by atoms with E-state index in [2.05, 4.69) is 12.1 Å². The molecule has 0 unspecified atom stereocenters. The van der Waals surface area contributed by atoms with E-state index >= 15 is 0 Å². The average Bonchev–Trinajstić information content (AvgIpc) is 2.55. The molecule has 0 atom stereocenters. The number of carboxylic acid groups (broad SMARTS) is 1. The molecule has 3 rings (SSSR count). The fraction of sp³-hybridized carbons (Fsp3) is 0.0500. The van der Waals surface area contributed by atoms with Gasteiger partial charge in [-0.05, 0) is 64.2 Å². The van der Waals surface area contributed by atoms with Crippen LogP contribution >= 0.6 is 23.2 Å². The molecule has 0 aliphatic heterocycles. The number of hydrogen-bond donors (Lipinski definition) is 1. The Balaban J connectivity index is 0.00000225. The molecule has 5 heteroatoms. The van der Waals surface area contributed by atoms with E-state index in [9.17, 15) is 4.79 Å². The van der Waals surface area contributed by atoms with Crippen LogP contribution in [0.4, 0.5) is 0 Å². The van der Waals surface area contributed by atoms with Gasteiger partial charge in [0.15, 0.2) is 0 Å². The number of rotatable bonds is 4. The molecular weight excluding hydrogens is 366 g/mol. The van der Waals surface area contributed by atoms with Gasteiger partial charge in [-0.1, -0.05) is 53.5 Å². The zero-order chi connectivity index (χ0) is 17.1. The van der Waals surface area contributed by atoms with E-state index in [-0.39, 0.29) is 29.6 Å². The van der Waals surface area contributed by atoms with Crippen molar-refractivity contribution in [1.82, 2.24) is 0 Å². The molecule has 3 aromatic carbocycles. The molecule has 0 fully saturated rings. The number of carboxylic acids is 1. The molecule has 122 valence electrons. The molecule has 0 amide bonds. The number of fused-ring (bicyclic) bond motifs is 1. The van der Waals surface area contributed by atoms with Crippen molar-refractivity contribution in [2.24, 2.45) is 0 Å². The predicted molar refractivity (Wildman–Crippen MR) is 107 cm³/mol. The van der Waals surface area contributed by atoms with E-state index in [1.807, 2.05) is 36.4 Å². The van der Waals surface area contributed by atoms with E-state index in [0.717, 1.165) is 33.5 Å². The van der Waals surface area contributed by atoms with Crippen molar-refractivity contribution in [2.75, 3.05) is 0 Å². The van der Waals surface area contributed by atoms with E-state index in [4.69, 9.17) is 28.3 Å². The van der Waals surface area contributed by atoms with Crippen molar-refractivity contribution in [3.05, 3.63) is 87.4 Å². The van der Waals surface area contributed by atoms with Gasteiger partial charge in [0.25, 0.3) is 0 Å². The second kappa shape index (κ2) is 8.88. The minimum absolute atomic E-state index is 0. The van der Waals surface area contributed by atoms with E-state index < -0.39 is 5.97 Å². The van der Waals surface area contributed by atoms with Crippen LogP contribution in [-0.2, 0) is 11.2 Å². The molecule has 25 heavy (non-hydrogen) atoms. The molecule has 0 spiro atoms. The number of carbonyl (C=O) groups is 1. The first kappa shape index (κ1) is 20.0. The zero-order valence-electron chi connectivity index (χ0n) is 12.7. The normalized spacial score (nSPS) is 10.8. The summed E-state index contributed by atoms with van der Waals surface area (Å²) in [6.45, 7) is 0. The predicted octanol–water partition coefficient (Wildman–Crippen LogP) is 5.19. The topological polar surface area (TPSA) is 37.3 Å². The van der Waals surface area contributed by atoms with Gasteiger partial charge in [0, 0.05) is 16.1 Å². The van der Waals surface area contributed by atoms with Crippen molar-refractivity contribution in [2.45, 2.75) is 6.42 Å². The fourth-order valence-corrected chi connectivity index (χ4v) is 3.00. The molecule has 0 aliphatic carbocycles. The quantitative estimate of drug-likeness (QED) is 0.499. The van der Waals surface area contributed by atoms with Crippen LogP contribution in [0.5, 0.6) is 0 Å². The van der Waals surface area contributed by atoms with Crippen LogP contribution in [0.15, 0.2) is 60.7 Å². The third-order valence-corrected chi connectivity index (χ3v) is 4.24. The first-order valence-corrected chi connectivity index (χ1v) is 8.14. The van der Waals surface area contributed by atoms with Crippen LogP contribution in [0.25, 0.3) is 16.8 Å². The van der Waals surface area contributed by atoms with Crippen LogP contribution in [-0.4, -0.2) is 40.6 Å². The van der Waals surface area contributed by atoms with Crippen LogP contribution in [0.2, 0.25) is 10.0 Å². The standard InChI is InChI=1S/C20H14Cl2O2.Na.H/c21-18-6-3-14-9-13(1-2-16(14)11-18)10-15-4-7-19(22)12-17(15)5-8-20(23)24;;/h1-9,11-12H,10H2,(H,23,24);;. The molecule has 0 aliphatic rings. The molecule has 1 N–H and O–H groups in total. The minimum atomic E-state index is -0.983. The summed E-state index contributed by atoms with van der Waals surface area (Å²) in [4.78, 5) is 10.8. The first-order valence-electron chi connectivity index (χ1n) is 7.39. The van der Waals surface area contributed by atoms with Crippen molar-refractivity contribution >= 4 is 75.6 Å². The fourth-order valence-electron chi connectivity index (χ4n) is 2.64. The van der Waals surface area contributed by atoms with Crippen molar-refractivity contribution in [1.29, 1.82) is 0 Å². The van der Waals surface area contributed by atoms with Crippen LogP contribution in [0, 0.1) is 0 Å². The number of hydrogen-bond acceptors (Lipinski definition) is 1. The SMILES string of the molecule is O=C(O)C=Cc1cc(Cl)ccc1Cc1ccc2cc(Cl)ccc2c1.[NaH]. The van der Waals surface area contributed by atoms with Crippen LogP contribution < -0.4 is 0 Å². The van der Waals surface area contributed by atoms with Gasteiger partial charge in [-0.2, -0.15) is 0 Å². The number of aliphatic carboxylic acids is 1. The van der Waals surface area contributed by atoms with Crippen LogP contribution in [0.1, 0.15) is 16.7 Å². The second-order valence-electron chi connectivity index (χ2n) is 5.52. The van der Waals surface area contributed by atoms with E-state index in [1.165, 1.54) is 0 Å². The molecule has 3 aromatic rings. The maximum atomic E-state index is 10.8. The van der Waals surface area contributed by atoms with Gasteiger partial charge in [0.05, 0.1) is 0 Å². The molecule has 2 nitrogen and oxygen atoms in total. The van der Waals surface area contributed by atoms with E-state index in [0.29, 0.717) is 16.5 Å². The zero-order valence-corrected chi connectivity index (χ0v) is 14.2. The van der Waals surface area contributed by atoms with Crippen molar-refractivity contribution in [3.8, 4) is 0 Å². The van der Waals surface area contributed by atoms with Crippen molar-refractivity contribution in [3.63, 3.8) is 0 Å². The Kier molecular flexibility index (Phi) is 7.12. The Morgan fingerprint density at radius 3 is 2.32 bits per heavy atom. The Morgan fingerprint density at radius 1 is 0.920 bits per heavy atom. The summed E-state index contributed by atoms with van der Waals surface area (Å²) in [5.41, 5.74) is 2.96. The van der Waals surface area contributed by atoms with Gasteiger partial charge < -0.3 is 5.11 Å². The first-order chi connectivity index (χ1) is 11.5. The Morgan fingerprint density at radius 2 is 1.56 bits per heavy atom. The molecule has 0 radical (unpaired) electrons. The summed E-state index contributed by atoms with van der Waals surface area (Å²) >= 11 is 12.1. The van der Waals surface area contributed by atoms with Crippen molar-refractivity contribution < 1.29 is 9.90 Å². The molecule has 0 aromatic heterocycles.